The van der Waals surface area contributed by atoms with Crippen molar-refractivity contribution in [3.63, 3.8) is 0 Å². The number of nitrogens with zero attached hydrogens (tertiary/aromatic N) is 3. The van der Waals surface area contributed by atoms with Crippen molar-refractivity contribution in [2.45, 2.75) is 13.0 Å². The first-order valence-corrected chi connectivity index (χ1v) is 9.92. The van der Waals surface area contributed by atoms with E-state index < -0.39 is 0 Å². The minimum absolute atomic E-state index is 0. The van der Waals surface area contributed by atoms with Crippen molar-refractivity contribution in [2.24, 2.45) is 4.99 Å². The quantitative estimate of drug-likeness (QED) is 0.223. The van der Waals surface area contributed by atoms with Gasteiger partial charge in [0.1, 0.15) is 5.76 Å². The fourth-order valence-corrected chi connectivity index (χ4v) is 3.74. The number of aliphatic imine (C=N–C) groups is 1. The first-order valence-electron chi connectivity index (χ1n) is 9.11. The molecule has 4 rings (SSSR count). The van der Waals surface area contributed by atoms with E-state index in [0.29, 0.717) is 6.54 Å². The number of benzene rings is 1. The van der Waals surface area contributed by atoms with Gasteiger partial charge in [0.15, 0.2) is 16.7 Å². The molecule has 0 aliphatic carbocycles. The predicted octanol–water partition coefficient (Wildman–Crippen LogP) is 4.48. The maximum Gasteiger partial charge on any atom is 0.191 e. The molecule has 0 bridgehead atoms. The number of aromatic nitrogens is 2. The molecular formula is C21H22IN5OS. The van der Waals surface area contributed by atoms with E-state index in [9.17, 15) is 0 Å². The van der Waals surface area contributed by atoms with Crippen LogP contribution < -0.4 is 10.6 Å². The lowest BCUT2D eigenvalue weighted by atomic mass is 10.3. The molecule has 2 N–H and O–H groups in total. The topological polar surface area (TPSA) is 75.3 Å². The molecule has 0 fully saturated rings. The summed E-state index contributed by atoms with van der Waals surface area (Å²) < 4.78 is 7.12. The molecule has 4 aromatic rings. The van der Waals surface area contributed by atoms with E-state index in [0.717, 1.165) is 51.4 Å². The van der Waals surface area contributed by atoms with Crippen molar-refractivity contribution in [3.05, 3.63) is 72.2 Å². The van der Waals surface area contributed by atoms with Crippen LogP contribution in [-0.4, -0.2) is 29.5 Å². The van der Waals surface area contributed by atoms with E-state index >= 15 is 0 Å². The standard InChI is InChI=1S/C21H21N5OS.HI/c1-22-21(24-13-11-15-6-4-5-12-23-15)25-14-16-9-10-18(27-16)20-26-17-7-2-3-8-19(17)28-20;/h2-10,12H,11,13-14H2,1H3,(H2,22,24,25);1H. The summed E-state index contributed by atoms with van der Waals surface area (Å²) in [6, 6.07) is 18.0. The first kappa shape index (κ1) is 21.3. The summed E-state index contributed by atoms with van der Waals surface area (Å²) in [6.07, 6.45) is 2.65. The third kappa shape index (κ3) is 5.54. The SMILES string of the molecule is CN=C(NCCc1ccccn1)NCc1ccc(-c2nc3ccccc3s2)o1.I. The van der Waals surface area contributed by atoms with Crippen LogP contribution in [0.4, 0.5) is 0 Å². The maximum atomic E-state index is 5.96. The summed E-state index contributed by atoms with van der Waals surface area (Å²) >= 11 is 1.63. The Morgan fingerprint density at radius 1 is 1.07 bits per heavy atom. The Morgan fingerprint density at radius 2 is 1.93 bits per heavy atom. The van der Waals surface area contributed by atoms with Gasteiger partial charge in [-0.25, -0.2) is 4.98 Å². The molecule has 6 nitrogen and oxygen atoms in total. The molecule has 0 radical (unpaired) electrons. The smallest absolute Gasteiger partial charge is 0.191 e. The molecule has 3 aromatic heterocycles. The van der Waals surface area contributed by atoms with E-state index in [1.807, 2.05) is 54.7 Å². The highest BCUT2D eigenvalue weighted by molar-refractivity contribution is 14.0. The van der Waals surface area contributed by atoms with Crippen molar-refractivity contribution in [1.82, 2.24) is 20.6 Å². The van der Waals surface area contributed by atoms with Gasteiger partial charge >= 0.3 is 0 Å². The highest BCUT2D eigenvalue weighted by Crippen LogP contribution is 2.31. The average Bonchev–Trinajstić information content (AvgIpc) is 3.38. The third-order valence-corrected chi connectivity index (χ3v) is 5.27. The second-order valence-electron chi connectivity index (χ2n) is 6.18. The number of para-hydroxylation sites is 1. The Kier molecular flexibility index (Phi) is 7.59. The van der Waals surface area contributed by atoms with Gasteiger partial charge in [-0.2, -0.15) is 0 Å². The second kappa shape index (κ2) is 10.4. The van der Waals surface area contributed by atoms with Crippen LogP contribution in [0, 0.1) is 0 Å². The molecule has 0 saturated carbocycles. The molecule has 0 spiro atoms. The summed E-state index contributed by atoms with van der Waals surface area (Å²) in [5, 5.41) is 7.46. The molecule has 0 amide bonds. The van der Waals surface area contributed by atoms with Crippen LogP contribution in [0.5, 0.6) is 0 Å². The Balaban J connectivity index is 0.00000240. The fourth-order valence-electron chi connectivity index (χ4n) is 2.81. The number of rotatable bonds is 6. The van der Waals surface area contributed by atoms with Crippen LogP contribution in [-0.2, 0) is 13.0 Å². The number of hydrogen-bond acceptors (Lipinski definition) is 5. The van der Waals surface area contributed by atoms with Gasteiger partial charge < -0.3 is 15.1 Å². The van der Waals surface area contributed by atoms with Crippen LogP contribution in [0.3, 0.4) is 0 Å². The molecule has 29 heavy (non-hydrogen) atoms. The van der Waals surface area contributed by atoms with E-state index in [1.54, 1.807) is 18.4 Å². The summed E-state index contributed by atoms with van der Waals surface area (Å²) in [5.74, 6) is 2.35. The number of fused-ring (bicyclic) bond motifs is 1. The van der Waals surface area contributed by atoms with E-state index in [-0.39, 0.29) is 24.0 Å². The largest absolute Gasteiger partial charge is 0.457 e. The molecule has 0 atom stereocenters. The van der Waals surface area contributed by atoms with Crippen LogP contribution >= 0.6 is 35.3 Å². The highest BCUT2D eigenvalue weighted by atomic mass is 127. The Morgan fingerprint density at radius 3 is 2.72 bits per heavy atom. The van der Waals surface area contributed by atoms with Gasteiger partial charge in [0.05, 0.1) is 16.8 Å². The Hall–Kier alpha value is -2.46. The third-order valence-electron chi connectivity index (χ3n) is 4.22. The lowest BCUT2D eigenvalue weighted by Crippen LogP contribution is -2.37. The van der Waals surface area contributed by atoms with Gasteiger partial charge in [-0.05, 0) is 36.4 Å². The number of furan rings is 1. The minimum Gasteiger partial charge on any atom is -0.457 e. The fraction of sp³-hybridized carbons (Fsp3) is 0.190. The number of pyridine rings is 1. The van der Waals surface area contributed by atoms with Gasteiger partial charge in [0.25, 0.3) is 0 Å². The Labute approximate surface area is 190 Å². The average molecular weight is 519 g/mol. The molecule has 0 saturated heterocycles. The van der Waals surface area contributed by atoms with Crippen LogP contribution in [0.1, 0.15) is 11.5 Å². The number of nitrogens with one attached hydrogen (secondary N) is 2. The van der Waals surface area contributed by atoms with Gasteiger partial charge in [0.2, 0.25) is 0 Å². The van der Waals surface area contributed by atoms with E-state index in [1.165, 1.54) is 0 Å². The van der Waals surface area contributed by atoms with Crippen molar-refractivity contribution in [1.29, 1.82) is 0 Å². The number of guanidine groups is 1. The lowest BCUT2D eigenvalue weighted by molar-refractivity contribution is 0.513. The summed E-state index contributed by atoms with van der Waals surface area (Å²) in [4.78, 5) is 13.2. The number of halogens is 1. The molecule has 150 valence electrons. The van der Waals surface area contributed by atoms with Gasteiger partial charge in [0, 0.05) is 31.9 Å². The zero-order valence-corrected chi connectivity index (χ0v) is 19.1. The van der Waals surface area contributed by atoms with E-state index in [2.05, 4.69) is 31.7 Å². The molecular weight excluding hydrogens is 497 g/mol. The number of hydrogen-bond donors (Lipinski definition) is 2. The van der Waals surface area contributed by atoms with Crippen LogP contribution in [0.15, 0.2) is 70.2 Å². The Bertz CT molecular complexity index is 1040. The summed E-state index contributed by atoms with van der Waals surface area (Å²) in [7, 11) is 1.75. The van der Waals surface area contributed by atoms with Crippen LogP contribution in [0.25, 0.3) is 21.0 Å². The van der Waals surface area contributed by atoms with Crippen molar-refractivity contribution >= 4 is 51.5 Å². The molecule has 3 heterocycles. The summed E-state index contributed by atoms with van der Waals surface area (Å²) in [6.45, 7) is 1.31. The molecule has 0 aliphatic heterocycles. The van der Waals surface area contributed by atoms with Crippen molar-refractivity contribution < 1.29 is 4.42 Å². The zero-order valence-electron chi connectivity index (χ0n) is 16.0. The lowest BCUT2D eigenvalue weighted by Gasteiger charge is -2.10. The maximum absolute atomic E-state index is 5.96. The van der Waals surface area contributed by atoms with Gasteiger partial charge in [-0.3, -0.25) is 9.98 Å². The number of thiazole rings is 1. The highest BCUT2D eigenvalue weighted by Gasteiger charge is 2.10. The van der Waals surface area contributed by atoms with Crippen molar-refractivity contribution in [3.8, 4) is 10.8 Å². The van der Waals surface area contributed by atoms with Gasteiger partial charge in [-0.1, -0.05) is 18.2 Å². The molecule has 1 aromatic carbocycles. The van der Waals surface area contributed by atoms with Gasteiger partial charge in [-0.15, -0.1) is 35.3 Å². The normalized spacial score (nSPS) is 11.3. The monoisotopic (exact) mass is 519 g/mol. The van der Waals surface area contributed by atoms with Crippen LogP contribution in [0.2, 0.25) is 0 Å². The minimum atomic E-state index is 0. The molecule has 0 aliphatic rings. The summed E-state index contributed by atoms with van der Waals surface area (Å²) in [5.41, 5.74) is 2.05. The first-order chi connectivity index (χ1) is 13.8. The van der Waals surface area contributed by atoms with Crippen molar-refractivity contribution in [2.75, 3.05) is 13.6 Å². The second-order valence-corrected chi connectivity index (χ2v) is 7.21. The zero-order chi connectivity index (χ0) is 19.2. The predicted molar refractivity (Wildman–Crippen MR) is 129 cm³/mol. The molecule has 0 unspecified atom stereocenters. The molecule has 8 heteroatoms. The van der Waals surface area contributed by atoms with E-state index in [4.69, 9.17) is 4.42 Å².